The van der Waals surface area contributed by atoms with Crippen molar-refractivity contribution in [3.63, 3.8) is 0 Å². The van der Waals surface area contributed by atoms with Gasteiger partial charge in [0.1, 0.15) is 6.10 Å². The summed E-state index contributed by atoms with van der Waals surface area (Å²) in [6, 6.07) is 0. The van der Waals surface area contributed by atoms with Crippen LogP contribution < -0.4 is 0 Å². The highest BCUT2D eigenvalue weighted by atomic mass is 16.5. The Balaban J connectivity index is 1.56. The molecule has 1 N–H and O–H groups in total. The lowest BCUT2D eigenvalue weighted by Crippen LogP contribution is -2.65. The SMILES string of the molecule is C=C(C)O[C@H]1CC[C@@]2(C)C(CC[C@]3(C)C2CC=C2C4CC(C)(C)CCC4[C@@H](C(=O)O)C[C@]23C)C1(C)C. The largest absolute Gasteiger partial charge is 0.495 e. The van der Waals surface area contributed by atoms with Gasteiger partial charge < -0.3 is 9.84 Å². The summed E-state index contributed by atoms with van der Waals surface area (Å²) in [6.45, 7) is 23.4. The molecular weight excluding hydrogens is 444 g/mol. The van der Waals surface area contributed by atoms with Crippen molar-refractivity contribution in [3.8, 4) is 0 Å². The first-order valence-electron chi connectivity index (χ1n) is 14.8. The van der Waals surface area contributed by atoms with E-state index in [0.29, 0.717) is 29.1 Å². The number of carbonyl (C=O) groups is 1. The van der Waals surface area contributed by atoms with E-state index in [0.717, 1.165) is 44.3 Å². The van der Waals surface area contributed by atoms with Crippen LogP contribution in [0.15, 0.2) is 24.0 Å². The van der Waals surface area contributed by atoms with Gasteiger partial charge in [0.05, 0.1) is 11.7 Å². The number of carboxylic acids is 1. The van der Waals surface area contributed by atoms with Crippen molar-refractivity contribution < 1.29 is 14.6 Å². The second-order valence-electron chi connectivity index (χ2n) is 15.8. The molecule has 0 bridgehead atoms. The predicted octanol–water partition coefficient (Wildman–Crippen LogP) is 8.65. The van der Waals surface area contributed by atoms with E-state index in [1.165, 1.54) is 19.3 Å². The van der Waals surface area contributed by atoms with Crippen molar-refractivity contribution >= 4 is 5.97 Å². The van der Waals surface area contributed by atoms with Gasteiger partial charge in [0.15, 0.2) is 0 Å². The summed E-state index contributed by atoms with van der Waals surface area (Å²) in [6.07, 6.45) is 12.9. The lowest BCUT2D eigenvalue weighted by molar-refractivity contribution is -0.207. The normalized spacial score (nSPS) is 48.8. The minimum atomic E-state index is -0.547. The van der Waals surface area contributed by atoms with E-state index in [2.05, 4.69) is 61.1 Å². The number of hydrogen-bond acceptors (Lipinski definition) is 2. The van der Waals surface area contributed by atoms with Gasteiger partial charge in [0, 0.05) is 5.41 Å². The average molecular weight is 497 g/mol. The zero-order valence-corrected chi connectivity index (χ0v) is 24.4. The molecule has 0 amide bonds. The number of rotatable bonds is 3. The topological polar surface area (TPSA) is 46.5 Å². The van der Waals surface area contributed by atoms with Crippen molar-refractivity contribution in [2.75, 3.05) is 0 Å². The Morgan fingerprint density at radius 3 is 2.31 bits per heavy atom. The molecule has 0 radical (unpaired) electrons. The number of allylic oxidation sites excluding steroid dienone is 3. The zero-order valence-electron chi connectivity index (χ0n) is 24.4. The number of carboxylic acid groups (broad SMARTS) is 1. The quantitative estimate of drug-likeness (QED) is 0.314. The molecule has 0 aromatic rings. The van der Waals surface area contributed by atoms with Crippen LogP contribution in [0.2, 0.25) is 0 Å². The molecule has 9 atom stereocenters. The van der Waals surface area contributed by atoms with E-state index in [4.69, 9.17) is 4.74 Å². The van der Waals surface area contributed by atoms with Crippen molar-refractivity contribution in [3.05, 3.63) is 24.0 Å². The van der Waals surface area contributed by atoms with Gasteiger partial charge >= 0.3 is 5.97 Å². The molecule has 0 aromatic heterocycles. The van der Waals surface area contributed by atoms with Crippen LogP contribution in [0.1, 0.15) is 113 Å². The third-order valence-electron chi connectivity index (χ3n) is 13.1. The Morgan fingerprint density at radius 1 is 0.972 bits per heavy atom. The fourth-order valence-electron chi connectivity index (χ4n) is 11.2. The van der Waals surface area contributed by atoms with E-state index in [1.807, 2.05) is 6.92 Å². The van der Waals surface area contributed by atoms with Crippen LogP contribution in [0.3, 0.4) is 0 Å². The van der Waals surface area contributed by atoms with Gasteiger partial charge in [-0.2, -0.15) is 0 Å². The van der Waals surface area contributed by atoms with Crippen molar-refractivity contribution in [2.45, 2.75) is 119 Å². The minimum absolute atomic E-state index is 0.0310. The summed E-state index contributed by atoms with van der Waals surface area (Å²) in [4.78, 5) is 12.7. The molecule has 0 saturated heterocycles. The first kappa shape index (κ1) is 26.4. The van der Waals surface area contributed by atoms with Crippen LogP contribution in [0, 0.1) is 56.7 Å². The standard InChI is InChI=1S/C33H52O3/c1-20(2)36-27-14-16-31(7)25(30(27,5)6)13-17-32(8)26(31)11-10-24-22-18-29(3,4)15-12-21(22)23(28(34)35)19-33(24,32)9/h10,21-23,25-27H,1,11-19H2,2-9H3,(H,34,35)/t21?,22?,23-,25?,26?,27-,31-,32+,33+/m0/s1. The minimum Gasteiger partial charge on any atom is -0.495 e. The molecule has 5 rings (SSSR count). The van der Waals surface area contributed by atoms with E-state index in [9.17, 15) is 9.90 Å². The zero-order chi connectivity index (χ0) is 26.5. The molecule has 0 spiro atoms. The molecule has 4 fully saturated rings. The molecule has 36 heavy (non-hydrogen) atoms. The molecule has 0 aromatic carbocycles. The van der Waals surface area contributed by atoms with Gasteiger partial charge in [0.2, 0.25) is 0 Å². The summed E-state index contributed by atoms with van der Waals surface area (Å²) in [5.41, 5.74) is 2.41. The third-order valence-corrected chi connectivity index (χ3v) is 13.1. The maximum Gasteiger partial charge on any atom is 0.306 e. The Hall–Kier alpha value is -1.25. The second-order valence-corrected chi connectivity index (χ2v) is 15.8. The lowest BCUT2D eigenvalue weighted by atomic mass is 9.34. The third kappa shape index (κ3) is 3.53. The Labute approximate surface area is 220 Å². The average Bonchev–Trinajstić information content (AvgIpc) is 2.75. The molecule has 5 aliphatic carbocycles. The first-order chi connectivity index (χ1) is 16.6. The molecule has 3 heteroatoms. The summed E-state index contributed by atoms with van der Waals surface area (Å²) in [7, 11) is 0. The molecule has 4 unspecified atom stereocenters. The van der Waals surface area contributed by atoms with Crippen LogP contribution >= 0.6 is 0 Å². The van der Waals surface area contributed by atoms with Crippen LogP contribution in [-0.4, -0.2) is 17.2 Å². The van der Waals surface area contributed by atoms with Gasteiger partial charge in [-0.05, 0) is 110 Å². The monoisotopic (exact) mass is 496 g/mol. The number of aliphatic carboxylic acids is 1. The van der Waals surface area contributed by atoms with Crippen LogP contribution in [0.25, 0.3) is 0 Å². The molecule has 3 nitrogen and oxygen atoms in total. The molecule has 0 heterocycles. The molecule has 4 saturated carbocycles. The highest BCUT2D eigenvalue weighted by Gasteiger charge is 2.68. The van der Waals surface area contributed by atoms with E-state index >= 15 is 0 Å². The molecular formula is C33H52O3. The predicted molar refractivity (Wildman–Crippen MR) is 146 cm³/mol. The van der Waals surface area contributed by atoms with Crippen molar-refractivity contribution in [1.82, 2.24) is 0 Å². The fourth-order valence-corrected chi connectivity index (χ4v) is 11.2. The molecule has 202 valence electrons. The Kier molecular flexibility index (Phi) is 5.95. The summed E-state index contributed by atoms with van der Waals surface area (Å²) in [5.74, 6) is 2.04. The van der Waals surface area contributed by atoms with Crippen LogP contribution in [0.4, 0.5) is 0 Å². The first-order valence-corrected chi connectivity index (χ1v) is 14.8. The van der Waals surface area contributed by atoms with E-state index in [-0.39, 0.29) is 33.7 Å². The summed E-state index contributed by atoms with van der Waals surface area (Å²) in [5, 5.41) is 10.5. The van der Waals surface area contributed by atoms with E-state index < -0.39 is 5.97 Å². The molecule has 5 aliphatic rings. The number of ether oxygens (including phenoxy) is 1. The van der Waals surface area contributed by atoms with Gasteiger partial charge in [-0.25, -0.2) is 0 Å². The highest BCUT2D eigenvalue weighted by molar-refractivity contribution is 5.71. The van der Waals surface area contributed by atoms with Crippen LogP contribution in [0.5, 0.6) is 0 Å². The maximum atomic E-state index is 12.7. The van der Waals surface area contributed by atoms with Gasteiger partial charge in [-0.1, -0.05) is 66.7 Å². The lowest BCUT2D eigenvalue weighted by Gasteiger charge is -2.71. The summed E-state index contributed by atoms with van der Waals surface area (Å²) < 4.78 is 6.31. The maximum absolute atomic E-state index is 12.7. The number of hydrogen-bond donors (Lipinski definition) is 1. The smallest absolute Gasteiger partial charge is 0.306 e. The van der Waals surface area contributed by atoms with Crippen molar-refractivity contribution in [1.29, 1.82) is 0 Å². The Morgan fingerprint density at radius 2 is 1.67 bits per heavy atom. The van der Waals surface area contributed by atoms with Crippen molar-refractivity contribution in [2.24, 2.45) is 56.7 Å². The summed E-state index contributed by atoms with van der Waals surface area (Å²) >= 11 is 0. The number of fused-ring (bicyclic) bond motifs is 7. The van der Waals surface area contributed by atoms with Gasteiger partial charge in [0.25, 0.3) is 0 Å². The van der Waals surface area contributed by atoms with Crippen LogP contribution in [-0.2, 0) is 9.53 Å². The van der Waals surface area contributed by atoms with Gasteiger partial charge in [-0.15, -0.1) is 0 Å². The van der Waals surface area contributed by atoms with E-state index in [1.54, 1.807) is 5.57 Å². The highest BCUT2D eigenvalue weighted by Crippen LogP contribution is 2.75. The van der Waals surface area contributed by atoms with Gasteiger partial charge in [-0.3, -0.25) is 4.79 Å². The Bertz CT molecular complexity index is 973. The fraction of sp³-hybridized carbons (Fsp3) is 0.848. The molecule has 0 aliphatic heterocycles. The second kappa shape index (κ2) is 8.12.